The second kappa shape index (κ2) is 14.1. The number of hydrogen-bond donors (Lipinski definition) is 0. The standard InChI is InChI=1S/C32H37N2O5/c1-33-17-11-14-26(23-33)20-31(35)38-19-10-5-3-4-9-18-34-29-16-15-28(39-24-25-12-7-6-8-13-25)21-27(29)22-30(34)32(36)37-2/h6-8,11-17,21-23H,3-5,9-10,18-20,24H2,1-2H3/q+1. The van der Waals surface area contributed by atoms with Gasteiger partial charge in [-0.15, -0.1) is 0 Å². The highest BCUT2D eigenvalue weighted by molar-refractivity contribution is 5.96. The smallest absolute Gasteiger partial charge is 0.354 e. The molecule has 204 valence electrons. The van der Waals surface area contributed by atoms with Crippen LogP contribution in [0.5, 0.6) is 5.75 Å². The summed E-state index contributed by atoms with van der Waals surface area (Å²) in [5, 5.41) is 0.951. The normalized spacial score (nSPS) is 10.9. The van der Waals surface area contributed by atoms with Crippen LogP contribution in [0.2, 0.25) is 0 Å². The first kappa shape index (κ1) is 27.9. The van der Waals surface area contributed by atoms with E-state index in [0.717, 1.165) is 66.4 Å². The van der Waals surface area contributed by atoms with Gasteiger partial charge < -0.3 is 18.8 Å². The van der Waals surface area contributed by atoms with Gasteiger partial charge in [0.05, 0.1) is 20.1 Å². The van der Waals surface area contributed by atoms with E-state index in [1.54, 1.807) is 0 Å². The molecule has 2 aromatic carbocycles. The highest BCUT2D eigenvalue weighted by atomic mass is 16.5. The lowest BCUT2D eigenvalue weighted by Crippen LogP contribution is -2.27. The highest BCUT2D eigenvalue weighted by Crippen LogP contribution is 2.26. The van der Waals surface area contributed by atoms with Crippen LogP contribution in [0.1, 0.15) is 53.7 Å². The number of hydrogen-bond acceptors (Lipinski definition) is 5. The Morgan fingerprint density at radius 1 is 0.872 bits per heavy atom. The zero-order chi connectivity index (χ0) is 27.5. The summed E-state index contributed by atoms with van der Waals surface area (Å²) in [4.78, 5) is 24.5. The van der Waals surface area contributed by atoms with E-state index >= 15 is 0 Å². The molecule has 0 saturated heterocycles. The summed E-state index contributed by atoms with van der Waals surface area (Å²) in [5.74, 6) is 0.229. The second-order valence-electron chi connectivity index (χ2n) is 9.71. The minimum absolute atomic E-state index is 0.190. The van der Waals surface area contributed by atoms with Gasteiger partial charge in [0.2, 0.25) is 0 Å². The van der Waals surface area contributed by atoms with Gasteiger partial charge in [0.25, 0.3) is 0 Å². The minimum atomic E-state index is -0.343. The van der Waals surface area contributed by atoms with Crippen molar-refractivity contribution in [1.29, 1.82) is 0 Å². The molecule has 0 atom stereocenters. The van der Waals surface area contributed by atoms with E-state index < -0.39 is 0 Å². The van der Waals surface area contributed by atoms with Crippen molar-refractivity contribution in [3.63, 3.8) is 0 Å². The third-order valence-electron chi connectivity index (χ3n) is 6.65. The molecule has 0 radical (unpaired) electrons. The average molecular weight is 530 g/mol. The number of fused-ring (bicyclic) bond motifs is 1. The third kappa shape index (κ3) is 8.18. The predicted molar refractivity (Wildman–Crippen MR) is 149 cm³/mol. The molecule has 0 saturated carbocycles. The van der Waals surface area contributed by atoms with Gasteiger partial charge in [-0.05, 0) is 48.7 Å². The van der Waals surface area contributed by atoms with Crippen LogP contribution >= 0.6 is 0 Å². The summed E-state index contributed by atoms with van der Waals surface area (Å²) in [6.45, 7) is 1.66. The Hall–Kier alpha value is -4.13. The minimum Gasteiger partial charge on any atom is -0.489 e. The van der Waals surface area contributed by atoms with Crippen molar-refractivity contribution in [2.24, 2.45) is 7.05 Å². The van der Waals surface area contributed by atoms with Gasteiger partial charge >= 0.3 is 11.9 Å². The van der Waals surface area contributed by atoms with Crippen LogP contribution in [0.15, 0.2) is 79.1 Å². The summed E-state index contributed by atoms with van der Waals surface area (Å²) >= 11 is 0. The first-order valence-electron chi connectivity index (χ1n) is 13.5. The van der Waals surface area contributed by atoms with E-state index in [1.807, 2.05) is 95.3 Å². The lowest BCUT2D eigenvalue weighted by molar-refractivity contribution is -0.671. The van der Waals surface area contributed by atoms with Crippen LogP contribution in [0.4, 0.5) is 0 Å². The molecule has 0 aliphatic carbocycles. The molecular formula is C32H37N2O5+. The van der Waals surface area contributed by atoms with Crippen LogP contribution in [-0.2, 0) is 40.9 Å². The Bertz CT molecular complexity index is 1380. The maximum absolute atomic E-state index is 12.5. The molecule has 0 fully saturated rings. The summed E-state index contributed by atoms with van der Waals surface area (Å²) in [5.41, 5.74) is 3.59. The average Bonchev–Trinajstić information content (AvgIpc) is 3.31. The van der Waals surface area contributed by atoms with Crippen molar-refractivity contribution in [2.75, 3.05) is 13.7 Å². The van der Waals surface area contributed by atoms with E-state index in [1.165, 1.54) is 7.11 Å². The number of methoxy groups -OCH3 is 1. The monoisotopic (exact) mass is 529 g/mol. The molecule has 0 spiro atoms. The first-order valence-corrected chi connectivity index (χ1v) is 13.5. The molecular weight excluding hydrogens is 492 g/mol. The molecule has 7 heteroatoms. The van der Waals surface area contributed by atoms with Crippen LogP contribution in [0.3, 0.4) is 0 Å². The van der Waals surface area contributed by atoms with Crippen molar-refractivity contribution < 1.29 is 28.4 Å². The summed E-state index contributed by atoms with van der Waals surface area (Å²) in [6, 6.07) is 21.7. The number of benzene rings is 2. The van der Waals surface area contributed by atoms with E-state index in [-0.39, 0.29) is 11.9 Å². The fourth-order valence-corrected chi connectivity index (χ4v) is 4.65. The summed E-state index contributed by atoms with van der Waals surface area (Å²) < 4.78 is 20.4. The van der Waals surface area contributed by atoms with Gasteiger partial charge in [0, 0.05) is 29.1 Å². The molecule has 39 heavy (non-hydrogen) atoms. The van der Waals surface area contributed by atoms with Gasteiger partial charge in [0.15, 0.2) is 12.4 Å². The Labute approximate surface area is 229 Å². The maximum atomic E-state index is 12.5. The largest absolute Gasteiger partial charge is 0.489 e. The number of rotatable bonds is 14. The van der Waals surface area contributed by atoms with Crippen molar-refractivity contribution in [3.8, 4) is 5.75 Å². The molecule has 2 aromatic heterocycles. The number of aryl methyl sites for hydroxylation is 2. The molecule has 0 bridgehead atoms. The van der Waals surface area contributed by atoms with E-state index in [2.05, 4.69) is 0 Å². The van der Waals surface area contributed by atoms with Gasteiger partial charge in [0.1, 0.15) is 25.1 Å². The predicted octanol–water partition coefficient (Wildman–Crippen LogP) is 5.57. The number of carbonyl (C=O) groups excluding carboxylic acids is 2. The fourth-order valence-electron chi connectivity index (χ4n) is 4.65. The lowest BCUT2D eigenvalue weighted by Gasteiger charge is -2.11. The van der Waals surface area contributed by atoms with Crippen molar-refractivity contribution in [3.05, 3.63) is 95.9 Å². The van der Waals surface area contributed by atoms with E-state index in [0.29, 0.717) is 25.3 Å². The van der Waals surface area contributed by atoms with Gasteiger partial charge in [-0.3, -0.25) is 4.79 Å². The van der Waals surface area contributed by atoms with Crippen LogP contribution < -0.4 is 9.30 Å². The quantitative estimate of drug-likeness (QED) is 0.121. The van der Waals surface area contributed by atoms with Crippen LogP contribution in [0, 0.1) is 0 Å². The SMILES string of the molecule is COC(=O)c1cc2cc(OCc3ccccc3)ccc2n1CCCCCCCOC(=O)Cc1ccc[n+](C)c1. The number of ether oxygens (including phenoxy) is 3. The Kier molecular flexibility index (Phi) is 10.1. The van der Waals surface area contributed by atoms with Crippen molar-refractivity contribution >= 4 is 22.8 Å². The Morgan fingerprint density at radius 3 is 2.44 bits per heavy atom. The molecule has 4 rings (SSSR count). The van der Waals surface area contributed by atoms with Gasteiger partial charge in [-0.25, -0.2) is 9.36 Å². The fraction of sp³-hybridized carbons (Fsp3) is 0.344. The number of esters is 2. The number of aromatic nitrogens is 2. The second-order valence-corrected chi connectivity index (χ2v) is 9.71. The molecule has 0 aliphatic heterocycles. The molecule has 7 nitrogen and oxygen atoms in total. The Balaban J connectivity index is 1.22. The first-order chi connectivity index (χ1) is 19.0. The van der Waals surface area contributed by atoms with Gasteiger partial charge in [-0.1, -0.05) is 49.6 Å². The summed E-state index contributed by atoms with van der Waals surface area (Å²) in [7, 11) is 3.34. The topological polar surface area (TPSA) is 70.6 Å². The lowest BCUT2D eigenvalue weighted by atomic mass is 10.1. The van der Waals surface area contributed by atoms with E-state index in [4.69, 9.17) is 14.2 Å². The number of unbranched alkanes of at least 4 members (excludes halogenated alkanes) is 4. The molecule has 4 aromatic rings. The molecule has 0 unspecified atom stereocenters. The van der Waals surface area contributed by atoms with Crippen LogP contribution in [-0.4, -0.2) is 30.2 Å². The Morgan fingerprint density at radius 2 is 1.64 bits per heavy atom. The van der Waals surface area contributed by atoms with Crippen molar-refractivity contribution in [2.45, 2.75) is 51.7 Å². The number of carbonyl (C=O) groups is 2. The molecule has 0 amide bonds. The molecule has 0 aliphatic rings. The number of pyridine rings is 1. The molecule has 2 heterocycles. The van der Waals surface area contributed by atoms with Crippen LogP contribution in [0.25, 0.3) is 10.9 Å². The molecule has 0 N–H and O–H groups in total. The number of nitrogens with zero attached hydrogens (tertiary/aromatic N) is 2. The van der Waals surface area contributed by atoms with E-state index in [9.17, 15) is 9.59 Å². The zero-order valence-corrected chi connectivity index (χ0v) is 22.8. The third-order valence-corrected chi connectivity index (χ3v) is 6.65. The highest BCUT2D eigenvalue weighted by Gasteiger charge is 2.16. The van der Waals surface area contributed by atoms with Crippen molar-refractivity contribution in [1.82, 2.24) is 4.57 Å². The van der Waals surface area contributed by atoms with Gasteiger partial charge in [-0.2, -0.15) is 0 Å². The summed E-state index contributed by atoms with van der Waals surface area (Å²) in [6.07, 6.45) is 8.99. The maximum Gasteiger partial charge on any atom is 0.354 e. The zero-order valence-electron chi connectivity index (χ0n) is 22.8.